The number of amides is 1. The Balaban J connectivity index is 1.93. The summed E-state index contributed by atoms with van der Waals surface area (Å²) in [5.74, 6) is 0.238. The molecule has 18 heavy (non-hydrogen) atoms. The zero-order chi connectivity index (χ0) is 12.6. The van der Waals surface area contributed by atoms with Crippen LogP contribution in [0.1, 0.15) is 55.8 Å². The van der Waals surface area contributed by atoms with Crippen LogP contribution in [-0.4, -0.2) is 22.4 Å². The van der Waals surface area contributed by atoms with Crippen molar-refractivity contribution in [1.82, 2.24) is 4.90 Å². The van der Waals surface area contributed by atoms with Gasteiger partial charge in [0.15, 0.2) is 0 Å². The van der Waals surface area contributed by atoms with Crippen molar-refractivity contribution in [3.05, 3.63) is 35.9 Å². The van der Waals surface area contributed by atoms with Crippen molar-refractivity contribution in [2.24, 2.45) is 0 Å². The number of rotatable bonds is 1. The maximum atomic E-state index is 12.7. The number of hydrogen-bond acceptors (Lipinski definition) is 1. The average Bonchev–Trinajstić information content (AvgIpc) is 2.61. The first-order chi connectivity index (χ1) is 8.71. The monoisotopic (exact) mass is 243 g/mol. The lowest BCUT2D eigenvalue weighted by molar-refractivity contribution is 0.0535. The minimum atomic E-state index is 0.105. The van der Waals surface area contributed by atoms with Crippen molar-refractivity contribution in [2.75, 3.05) is 0 Å². The largest absolute Gasteiger partial charge is 0.330 e. The van der Waals surface area contributed by atoms with Gasteiger partial charge >= 0.3 is 0 Å². The lowest BCUT2D eigenvalue weighted by Gasteiger charge is -2.37. The second kappa shape index (κ2) is 4.42. The fraction of sp³-hybridized carbons (Fsp3) is 0.562. The van der Waals surface area contributed by atoms with Gasteiger partial charge in [0.05, 0.1) is 0 Å². The van der Waals surface area contributed by atoms with Crippen molar-refractivity contribution < 1.29 is 4.79 Å². The maximum Gasteiger partial charge on any atom is 0.254 e. The summed E-state index contributed by atoms with van der Waals surface area (Å²) in [6.07, 6.45) is 7.27. The van der Waals surface area contributed by atoms with Gasteiger partial charge in [-0.05, 0) is 44.7 Å². The summed E-state index contributed by atoms with van der Waals surface area (Å²) >= 11 is 0. The van der Waals surface area contributed by atoms with Gasteiger partial charge in [-0.3, -0.25) is 4.79 Å². The van der Waals surface area contributed by atoms with E-state index in [9.17, 15) is 4.79 Å². The van der Waals surface area contributed by atoms with Crippen molar-refractivity contribution in [3.63, 3.8) is 0 Å². The van der Waals surface area contributed by atoms with Gasteiger partial charge in [-0.2, -0.15) is 0 Å². The summed E-state index contributed by atoms with van der Waals surface area (Å²) in [4.78, 5) is 14.9. The molecule has 2 atom stereocenters. The summed E-state index contributed by atoms with van der Waals surface area (Å²) in [6.45, 7) is 2.28. The molecular weight excluding hydrogens is 222 g/mol. The topological polar surface area (TPSA) is 20.3 Å². The van der Waals surface area contributed by atoms with Crippen molar-refractivity contribution in [2.45, 2.75) is 57.0 Å². The molecule has 0 N–H and O–H groups in total. The van der Waals surface area contributed by atoms with Crippen LogP contribution in [0.3, 0.4) is 0 Å². The van der Waals surface area contributed by atoms with Gasteiger partial charge in [-0.1, -0.05) is 31.0 Å². The molecule has 2 aliphatic rings. The lowest BCUT2D eigenvalue weighted by atomic mass is 9.90. The molecule has 0 unspecified atom stereocenters. The Morgan fingerprint density at radius 3 is 2.72 bits per heavy atom. The van der Waals surface area contributed by atoms with Gasteiger partial charge in [0.2, 0.25) is 0 Å². The predicted octanol–water partition coefficient (Wildman–Crippen LogP) is 3.62. The van der Waals surface area contributed by atoms with Gasteiger partial charge in [-0.25, -0.2) is 0 Å². The number of benzene rings is 1. The molecule has 2 nitrogen and oxygen atoms in total. The van der Waals surface area contributed by atoms with E-state index < -0.39 is 0 Å². The summed E-state index contributed by atoms with van der Waals surface area (Å²) in [6, 6.07) is 10.2. The van der Waals surface area contributed by atoms with Gasteiger partial charge in [0.1, 0.15) is 0 Å². The fourth-order valence-electron chi connectivity index (χ4n) is 3.70. The number of carbonyl (C=O) groups excluding carboxylic acids is 1. The smallest absolute Gasteiger partial charge is 0.254 e. The van der Waals surface area contributed by atoms with Crippen LogP contribution < -0.4 is 0 Å². The molecule has 1 aromatic rings. The highest BCUT2D eigenvalue weighted by molar-refractivity contribution is 5.95. The van der Waals surface area contributed by atoms with E-state index in [2.05, 4.69) is 11.8 Å². The van der Waals surface area contributed by atoms with Crippen LogP contribution in [0.15, 0.2) is 30.3 Å². The van der Waals surface area contributed by atoms with Crippen LogP contribution in [0.4, 0.5) is 0 Å². The Bertz CT molecular complexity index is 440. The van der Waals surface area contributed by atoms with E-state index in [-0.39, 0.29) is 11.4 Å². The normalized spacial score (nSPS) is 31.2. The SMILES string of the molecule is C[C@@]12CCCC[C@@H](CC1)N2C(=O)c1ccccc1. The molecule has 3 rings (SSSR count). The first-order valence-electron chi connectivity index (χ1n) is 7.09. The molecule has 0 radical (unpaired) electrons. The van der Waals surface area contributed by atoms with E-state index in [1.807, 2.05) is 30.3 Å². The van der Waals surface area contributed by atoms with Gasteiger partial charge in [0, 0.05) is 17.1 Å². The molecule has 96 valence electrons. The third-order valence-corrected chi connectivity index (χ3v) is 4.71. The maximum absolute atomic E-state index is 12.7. The van der Waals surface area contributed by atoms with Crippen molar-refractivity contribution in [3.8, 4) is 0 Å². The molecule has 2 bridgehead atoms. The molecule has 1 aromatic carbocycles. The van der Waals surface area contributed by atoms with E-state index in [0.29, 0.717) is 6.04 Å². The molecule has 0 aliphatic carbocycles. The standard InChI is InChI=1S/C16H21NO/c1-16-11-6-5-9-14(10-12-16)17(16)15(18)13-7-3-2-4-8-13/h2-4,7-8,14H,5-6,9-12H2,1H3/t14-,16+/m0/s1. The molecule has 0 spiro atoms. The first kappa shape index (κ1) is 11.8. The third kappa shape index (κ3) is 1.84. The zero-order valence-electron chi connectivity index (χ0n) is 11.1. The zero-order valence-corrected chi connectivity index (χ0v) is 11.1. The Kier molecular flexibility index (Phi) is 2.89. The average molecular weight is 243 g/mol. The summed E-state index contributed by atoms with van der Waals surface area (Å²) in [5.41, 5.74) is 0.950. The Morgan fingerprint density at radius 1 is 1.17 bits per heavy atom. The molecule has 0 aromatic heterocycles. The highest BCUT2D eigenvalue weighted by Crippen LogP contribution is 2.43. The van der Waals surface area contributed by atoms with E-state index in [1.54, 1.807) is 0 Å². The van der Waals surface area contributed by atoms with Crippen LogP contribution in [0.2, 0.25) is 0 Å². The molecule has 1 amide bonds. The van der Waals surface area contributed by atoms with Gasteiger partial charge in [0.25, 0.3) is 5.91 Å². The van der Waals surface area contributed by atoms with Crippen LogP contribution in [0.5, 0.6) is 0 Å². The van der Waals surface area contributed by atoms with Crippen LogP contribution in [0.25, 0.3) is 0 Å². The summed E-state index contributed by atoms with van der Waals surface area (Å²) < 4.78 is 0. The first-order valence-corrected chi connectivity index (χ1v) is 7.09. The van der Waals surface area contributed by atoms with Gasteiger partial charge in [-0.15, -0.1) is 0 Å². The minimum Gasteiger partial charge on any atom is -0.330 e. The number of fused-ring (bicyclic) bond motifs is 2. The minimum absolute atomic E-state index is 0.105. The molecule has 2 fully saturated rings. The molecule has 2 heterocycles. The third-order valence-electron chi connectivity index (χ3n) is 4.71. The van der Waals surface area contributed by atoms with E-state index in [0.717, 1.165) is 5.56 Å². The summed E-state index contributed by atoms with van der Waals surface area (Å²) in [7, 11) is 0. The van der Waals surface area contributed by atoms with Crippen LogP contribution in [0, 0.1) is 0 Å². The molecule has 2 aliphatic heterocycles. The highest BCUT2D eigenvalue weighted by Gasteiger charge is 2.46. The van der Waals surface area contributed by atoms with Gasteiger partial charge < -0.3 is 4.90 Å². The van der Waals surface area contributed by atoms with Crippen molar-refractivity contribution in [1.29, 1.82) is 0 Å². The predicted molar refractivity (Wildman–Crippen MR) is 72.5 cm³/mol. The Hall–Kier alpha value is -1.31. The van der Waals surface area contributed by atoms with E-state index in [1.165, 1.54) is 38.5 Å². The van der Waals surface area contributed by atoms with E-state index >= 15 is 0 Å². The van der Waals surface area contributed by atoms with Crippen LogP contribution in [-0.2, 0) is 0 Å². The second-order valence-electron chi connectivity index (χ2n) is 5.98. The number of hydrogen-bond donors (Lipinski definition) is 0. The molecule has 2 heteroatoms. The molecule has 0 saturated carbocycles. The second-order valence-corrected chi connectivity index (χ2v) is 5.98. The quantitative estimate of drug-likeness (QED) is 0.737. The lowest BCUT2D eigenvalue weighted by Crippen LogP contribution is -2.47. The van der Waals surface area contributed by atoms with E-state index in [4.69, 9.17) is 0 Å². The Morgan fingerprint density at radius 2 is 1.94 bits per heavy atom. The number of nitrogens with zero attached hydrogens (tertiary/aromatic N) is 1. The Labute approximate surface area is 109 Å². The molecule has 2 saturated heterocycles. The molecular formula is C16H21NO. The number of carbonyl (C=O) groups is 1. The fourth-order valence-corrected chi connectivity index (χ4v) is 3.70. The summed E-state index contributed by atoms with van der Waals surface area (Å²) in [5, 5.41) is 0. The van der Waals surface area contributed by atoms with Crippen LogP contribution >= 0.6 is 0 Å². The van der Waals surface area contributed by atoms with Crippen molar-refractivity contribution >= 4 is 5.91 Å². The highest BCUT2D eigenvalue weighted by atomic mass is 16.2.